The van der Waals surface area contributed by atoms with Crippen molar-refractivity contribution in [2.45, 2.75) is 13.1 Å². The number of tetrazole rings is 1. The van der Waals surface area contributed by atoms with Crippen LogP contribution in [0.15, 0.2) is 41.0 Å². The lowest BCUT2D eigenvalue weighted by Crippen LogP contribution is -2.40. The summed E-state index contributed by atoms with van der Waals surface area (Å²) in [5.74, 6) is 1.37. The molecule has 0 radical (unpaired) electrons. The number of rotatable bonds is 7. The van der Waals surface area contributed by atoms with Crippen LogP contribution in [0.2, 0.25) is 0 Å². The first kappa shape index (κ1) is 18.9. The fourth-order valence-electron chi connectivity index (χ4n) is 2.32. The van der Waals surface area contributed by atoms with Gasteiger partial charge < -0.3 is 19.2 Å². The van der Waals surface area contributed by atoms with E-state index in [9.17, 15) is 9.59 Å². The molecule has 3 rings (SSSR count). The molecule has 3 aromatic rings. The van der Waals surface area contributed by atoms with Gasteiger partial charge in [0.15, 0.2) is 11.5 Å². The number of amides is 3. The Bertz CT molecular complexity index is 953. The van der Waals surface area contributed by atoms with Gasteiger partial charge in [0.25, 0.3) is 5.91 Å². The number of carbonyl (C=O) groups excluding carboxylic acids is 2. The SMILES string of the molecule is COc1ccc(-c2nnn(CC(=O)NC(=O)NCc3ccco3)n2)cc1OC. The second kappa shape index (κ2) is 8.66. The molecule has 0 aliphatic rings. The van der Waals surface area contributed by atoms with E-state index in [2.05, 4.69) is 26.0 Å². The van der Waals surface area contributed by atoms with E-state index in [1.54, 1.807) is 30.3 Å². The van der Waals surface area contributed by atoms with Crippen LogP contribution in [-0.2, 0) is 17.9 Å². The molecule has 2 N–H and O–H groups in total. The lowest BCUT2D eigenvalue weighted by Gasteiger charge is -2.07. The van der Waals surface area contributed by atoms with Crippen molar-refractivity contribution >= 4 is 11.9 Å². The summed E-state index contributed by atoms with van der Waals surface area (Å²) in [6.45, 7) is -0.106. The predicted octanol–water partition coefficient (Wildman–Crippen LogP) is 0.976. The number of imide groups is 1. The smallest absolute Gasteiger partial charge is 0.321 e. The van der Waals surface area contributed by atoms with Gasteiger partial charge >= 0.3 is 6.03 Å². The van der Waals surface area contributed by atoms with E-state index in [0.717, 1.165) is 4.80 Å². The van der Waals surface area contributed by atoms with Gasteiger partial charge in [-0.15, -0.1) is 10.2 Å². The van der Waals surface area contributed by atoms with Gasteiger partial charge in [0.05, 0.1) is 27.0 Å². The van der Waals surface area contributed by atoms with Crippen LogP contribution in [0.5, 0.6) is 11.5 Å². The van der Waals surface area contributed by atoms with E-state index in [1.807, 2.05) is 0 Å². The standard InChI is InChI=1S/C17H18N6O5/c1-26-13-6-5-11(8-14(13)27-2)16-20-22-23(21-16)10-15(24)19-17(25)18-9-12-4-3-7-28-12/h3-8H,9-10H2,1-2H3,(H2,18,19,24,25). The van der Waals surface area contributed by atoms with Crippen LogP contribution >= 0.6 is 0 Å². The summed E-state index contributed by atoms with van der Waals surface area (Å²) in [4.78, 5) is 24.8. The van der Waals surface area contributed by atoms with E-state index in [1.165, 1.54) is 20.5 Å². The summed E-state index contributed by atoms with van der Waals surface area (Å²) in [6, 6.07) is 7.91. The molecule has 1 aromatic carbocycles. The Morgan fingerprint density at radius 2 is 2.00 bits per heavy atom. The molecule has 0 unspecified atom stereocenters. The Labute approximate surface area is 159 Å². The lowest BCUT2D eigenvalue weighted by molar-refractivity contribution is -0.121. The minimum atomic E-state index is -0.651. The summed E-state index contributed by atoms with van der Waals surface area (Å²) in [7, 11) is 3.06. The number of ether oxygens (including phenoxy) is 2. The quantitative estimate of drug-likeness (QED) is 0.614. The zero-order chi connectivity index (χ0) is 19.9. The van der Waals surface area contributed by atoms with E-state index < -0.39 is 11.9 Å². The highest BCUT2D eigenvalue weighted by Crippen LogP contribution is 2.30. The monoisotopic (exact) mass is 386 g/mol. The molecule has 11 nitrogen and oxygen atoms in total. The minimum Gasteiger partial charge on any atom is -0.493 e. The molecule has 0 fully saturated rings. The van der Waals surface area contributed by atoms with Crippen LogP contribution in [0.4, 0.5) is 4.79 Å². The summed E-state index contributed by atoms with van der Waals surface area (Å²) in [6.07, 6.45) is 1.49. The Morgan fingerprint density at radius 3 is 2.71 bits per heavy atom. The van der Waals surface area contributed by atoms with Gasteiger partial charge in [-0.1, -0.05) is 0 Å². The van der Waals surface area contributed by atoms with Crippen LogP contribution in [0.25, 0.3) is 11.4 Å². The van der Waals surface area contributed by atoms with Crippen molar-refractivity contribution in [1.82, 2.24) is 30.8 Å². The Hall–Kier alpha value is -3.89. The molecule has 0 bridgehead atoms. The highest BCUT2D eigenvalue weighted by atomic mass is 16.5. The minimum absolute atomic E-state index is 0.164. The Morgan fingerprint density at radius 1 is 1.18 bits per heavy atom. The van der Waals surface area contributed by atoms with Crippen LogP contribution in [0.1, 0.15) is 5.76 Å². The van der Waals surface area contributed by atoms with Crippen LogP contribution in [-0.4, -0.2) is 46.4 Å². The van der Waals surface area contributed by atoms with Crippen LogP contribution in [0, 0.1) is 0 Å². The first-order chi connectivity index (χ1) is 13.6. The van der Waals surface area contributed by atoms with Gasteiger partial charge in [-0.25, -0.2) is 4.79 Å². The molecule has 0 saturated carbocycles. The van der Waals surface area contributed by atoms with E-state index in [0.29, 0.717) is 28.6 Å². The predicted molar refractivity (Wildman–Crippen MR) is 95.4 cm³/mol. The molecule has 28 heavy (non-hydrogen) atoms. The number of carbonyl (C=O) groups is 2. The van der Waals surface area contributed by atoms with Crippen molar-refractivity contribution in [3.8, 4) is 22.9 Å². The molecule has 2 aromatic heterocycles. The third-order valence-corrected chi connectivity index (χ3v) is 3.64. The molecular formula is C17H18N6O5. The second-order valence-electron chi connectivity index (χ2n) is 5.52. The topological polar surface area (TPSA) is 133 Å². The van der Waals surface area contributed by atoms with Gasteiger partial charge in [-0.2, -0.15) is 4.80 Å². The molecule has 0 spiro atoms. The molecule has 2 heterocycles. The molecular weight excluding hydrogens is 368 g/mol. The number of hydrogen-bond acceptors (Lipinski definition) is 8. The number of aromatic nitrogens is 4. The van der Waals surface area contributed by atoms with E-state index >= 15 is 0 Å². The average Bonchev–Trinajstić information content (AvgIpc) is 3.37. The van der Waals surface area contributed by atoms with Crippen LogP contribution < -0.4 is 20.1 Å². The van der Waals surface area contributed by atoms with Crippen molar-refractivity contribution in [3.05, 3.63) is 42.4 Å². The van der Waals surface area contributed by atoms with Crippen molar-refractivity contribution in [1.29, 1.82) is 0 Å². The van der Waals surface area contributed by atoms with Gasteiger partial charge in [0.2, 0.25) is 5.82 Å². The number of nitrogens with zero attached hydrogens (tertiary/aromatic N) is 4. The maximum atomic E-state index is 12.0. The maximum absolute atomic E-state index is 12.0. The van der Waals surface area contributed by atoms with Gasteiger partial charge in [0, 0.05) is 5.56 Å². The molecule has 0 atom stereocenters. The largest absolute Gasteiger partial charge is 0.493 e. The normalized spacial score (nSPS) is 10.4. The molecule has 0 saturated heterocycles. The maximum Gasteiger partial charge on any atom is 0.321 e. The summed E-state index contributed by atoms with van der Waals surface area (Å²) < 4.78 is 15.5. The zero-order valence-electron chi connectivity index (χ0n) is 15.2. The van der Waals surface area contributed by atoms with Crippen LogP contribution in [0.3, 0.4) is 0 Å². The second-order valence-corrected chi connectivity index (χ2v) is 5.52. The zero-order valence-corrected chi connectivity index (χ0v) is 15.2. The molecule has 0 aliphatic heterocycles. The fourth-order valence-corrected chi connectivity index (χ4v) is 2.32. The number of furan rings is 1. The van der Waals surface area contributed by atoms with Crippen molar-refractivity contribution < 1.29 is 23.5 Å². The Balaban J connectivity index is 1.56. The third-order valence-electron chi connectivity index (χ3n) is 3.64. The summed E-state index contributed by atoms with van der Waals surface area (Å²) in [5, 5.41) is 16.5. The molecule has 11 heteroatoms. The summed E-state index contributed by atoms with van der Waals surface area (Å²) >= 11 is 0. The molecule has 146 valence electrons. The van der Waals surface area contributed by atoms with Crippen molar-refractivity contribution in [2.75, 3.05) is 14.2 Å². The number of hydrogen-bond donors (Lipinski definition) is 2. The van der Waals surface area contributed by atoms with Crippen molar-refractivity contribution in [3.63, 3.8) is 0 Å². The third kappa shape index (κ3) is 4.63. The Kier molecular flexibility index (Phi) is 5.84. The fraction of sp³-hybridized carbons (Fsp3) is 0.235. The van der Waals surface area contributed by atoms with Crippen molar-refractivity contribution in [2.24, 2.45) is 0 Å². The highest BCUT2D eigenvalue weighted by molar-refractivity contribution is 5.94. The van der Waals surface area contributed by atoms with Gasteiger partial charge in [-0.3, -0.25) is 10.1 Å². The first-order valence-corrected chi connectivity index (χ1v) is 8.19. The summed E-state index contributed by atoms with van der Waals surface area (Å²) in [5.41, 5.74) is 0.639. The number of benzene rings is 1. The van der Waals surface area contributed by atoms with E-state index in [-0.39, 0.29) is 13.1 Å². The lowest BCUT2D eigenvalue weighted by atomic mass is 10.2. The average molecular weight is 386 g/mol. The van der Waals surface area contributed by atoms with E-state index in [4.69, 9.17) is 13.9 Å². The number of methoxy groups -OCH3 is 2. The highest BCUT2D eigenvalue weighted by Gasteiger charge is 2.14. The number of urea groups is 1. The van der Waals surface area contributed by atoms with Gasteiger partial charge in [0.1, 0.15) is 12.3 Å². The van der Waals surface area contributed by atoms with Gasteiger partial charge in [-0.05, 0) is 35.5 Å². The molecule has 0 aliphatic carbocycles. The molecule has 3 amide bonds. The number of nitrogens with one attached hydrogen (secondary N) is 2. The first-order valence-electron chi connectivity index (χ1n) is 8.19.